The summed E-state index contributed by atoms with van der Waals surface area (Å²) in [5.41, 5.74) is 1.16. The number of hydrogen-bond donors (Lipinski definition) is 4. The lowest BCUT2D eigenvalue weighted by molar-refractivity contribution is -0.130. The Morgan fingerprint density at radius 1 is 1.05 bits per heavy atom. The first-order valence-corrected chi connectivity index (χ1v) is 14.5. The minimum atomic E-state index is -1.36. The van der Waals surface area contributed by atoms with E-state index in [4.69, 9.17) is 5.11 Å². The molecule has 0 radical (unpaired) electrons. The molecule has 0 fully saturated rings. The Morgan fingerprint density at radius 2 is 1.73 bits per heavy atom. The van der Waals surface area contributed by atoms with Crippen molar-refractivity contribution in [2.75, 3.05) is 32.0 Å². The quantitative estimate of drug-likeness (QED) is 0.110. The van der Waals surface area contributed by atoms with Gasteiger partial charge in [0.15, 0.2) is 0 Å². The molecule has 0 aliphatic heterocycles. The van der Waals surface area contributed by atoms with E-state index in [9.17, 15) is 24.0 Å². The highest BCUT2D eigenvalue weighted by atomic mass is 32.2. The predicted octanol–water partition coefficient (Wildman–Crippen LogP) is 3.28. The zero-order chi connectivity index (χ0) is 30.1. The molecule has 4 N–H and O–H groups in total. The number of hydrogen-bond acceptors (Lipinski definition) is 8. The zero-order valence-electron chi connectivity index (χ0n) is 24.1. The van der Waals surface area contributed by atoms with Crippen molar-refractivity contribution >= 4 is 47.6 Å². The van der Waals surface area contributed by atoms with E-state index in [-0.39, 0.29) is 53.7 Å². The average molecular weight is 581 g/mol. The highest BCUT2D eigenvalue weighted by Gasteiger charge is 2.22. The normalized spacial score (nSPS) is 12.5. The minimum absolute atomic E-state index is 0.0156. The number of carboxylic acid groups (broad SMARTS) is 1. The van der Waals surface area contributed by atoms with Crippen molar-refractivity contribution in [1.29, 1.82) is 0 Å². The highest BCUT2D eigenvalue weighted by molar-refractivity contribution is 8.01. The lowest BCUT2D eigenvalue weighted by Crippen LogP contribution is -2.49. The standard InChI is InChI=1S/C28H44N4O7S/c1-19(2)26(29-13-7-6-8-14-32(5)25(35)15-23(17-33)40-20(3)4)27(36)30-16-24(34)31-22-11-9-21(10-12-22)18-39-28(37)38/h9-12,17,19-20,23,26,29H,6-8,13-16,18H2,1-5H3,(H,30,36)(H,31,34)(H,37,38). The van der Waals surface area contributed by atoms with Crippen LogP contribution in [0.3, 0.4) is 0 Å². The third-order valence-electron chi connectivity index (χ3n) is 5.91. The third kappa shape index (κ3) is 14.9. The number of benzene rings is 1. The monoisotopic (exact) mass is 580 g/mol. The van der Waals surface area contributed by atoms with Gasteiger partial charge in [0.2, 0.25) is 17.7 Å². The fraction of sp³-hybridized carbons (Fsp3) is 0.607. The molecule has 0 spiro atoms. The Labute approximate surface area is 241 Å². The molecule has 1 rings (SSSR count). The fourth-order valence-electron chi connectivity index (χ4n) is 3.78. The number of unbranched alkanes of at least 4 members (excludes halogenated alkanes) is 2. The van der Waals surface area contributed by atoms with Crippen LogP contribution in [0.15, 0.2) is 24.3 Å². The molecule has 0 aliphatic carbocycles. The van der Waals surface area contributed by atoms with Crippen molar-refractivity contribution < 1.29 is 33.8 Å². The van der Waals surface area contributed by atoms with Crippen molar-refractivity contribution in [1.82, 2.24) is 15.5 Å². The number of thioether (sulfide) groups is 1. The van der Waals surface area contributed by atoms with E-state index >= 15 is 0 Å². The molecular formula is C28H44N4O7S. The van der Waals surface area contributed by atoms with Gasteiger partial charge in [-0.3, -0.25) is 14.4 Å². The highest BCUT2D eigenvalue weighted by Crippen LogP contribution is 2.19. The van der Waals surface area contributed by atoms with E-state index in [0.29, 0.717) is 24.3 Å². The van der Waals surface area contributed by atoms with Gasteiger partial charge in [-0.2, -0.15) is 0 Å². The summed E-state index contributed by atoms with van der Waals surface area (Å²) in [7, 11) is 1.75. The number of ether oxygens (including phenoxy) is 1. The molecule has 0 saturated heterocycles. The van der Waals surface area contributed by atoms with E-state index in [1.807, 2.05) is 27.7 Å². The van der Waals surface area contributed by atoms with Gasteiger partial charge in [0.1, 0.15) is 12.9 Å². The SMILES string of the molecule is CC(C)SC(C=O)CC(=O)N(C)CCCCCNC(C(=O)NCC(=O)Nc1ccc(COC(=O)O)cc1)C(C)C. The maximum Gasteiger partial charge on any atom is 0.506 e. The second-order valence-electron chi connectivity index (χ2n) is 10.1. The Hall–Kier alpha value is -3.12. The maximum absolute atomic E-state index is 12.7. The Morgan fingerprint density at radius 3 is 2.30 bits per heavy atom. The number of aldehydes is 1. The van der Waals surface area contributed by atoms with E-state index in [1.54, 1.807) is 36.2 Å². The lowest BCUT2D eigenvalue weighted by atomic mass is 10.0. The van der Waals surface area contributed by atoms with Crippen LogP contribution >= 0.6 is 11.8 Å². The van der Waals surface area contributed by atoms with Crippen molar-refractivity contribution in [3.63, 3.8) is 0 Å². The summed E-state index contributed by atoms with van der Waals surface area (Å²) in [6.45, 7) is 8.82. The largest absolute Gasteiger partial charge is 0.506 e. The molecule has 40 heavy (non-hydrogen) atoms. The van der Waals surface area contributed by atoms with Crippen LogP contribution < -0.4 is 16.0 Å². The van der Waals surface area contributed by atoms with Gasteiger partial charge in [0.05, 0.1) is 17.8 Å². The molecule has 11 nitrogen and oxygen atoms in total. The van der Waals surface area contributed by atoms with Crippen molar-refractivity contribution in [2.24, 2.45) is 5.92 Å². The first kappa shape index (κ1) is 34.9. The molecule has 224 valence electrons. The molecule has 12 heteroatoms. The zero-order valence-corrected chi connectivity index (χ0v) is 24.9. The summed E-state index contributed by atoms with van der Waals surface area (Å²) >= 11 is 1.50. The van der Waals surface area contributed by atoms with Crippen molar-refractivity contribution in [3.05, 3.63) is 29.8 Å². The van der Waals surface area contributed by atoms with Crippen molar-refractivity contribution in [3.8, 4) is 0 Å². The topological polar surface area (TPSA) is 154 Å². The fourth-order valence-corrected chi connectivity index (χ4v) is 4.78. The second-order valence-corrected chi connectivity index (χ2v) is 12.0. The van der Waals surface area contributed by atoms with Gasteiger partial charge in [-0.15, -0.1) is 11.8 Å². The number of amides is 3. The predicted molar refractivity (Wildman–Crippen MR) is 156 cm³/mol. The molecule has 1 aromatic rings. The molecule has 0 bridgehead atoms. The van der Waals surface area contributed by atoms with Crippen LogP contribution in [0.2, 0.25) is 0 Å². The van der Waals surface area contributed by atoms with Gasteiger partial charge < -0.3 is 35.5 Å². The Bertz CT molecular complexity index is 956. The first-order valence-electron chi connectivity index (χ1n) is 13.5. The van der Waals surface area contributed by atoms with E-state index < -0.39 is 12.2 Å². The smallest absolute Gasteiger partial charge is 0.450 e. The van der Waals surface area contributed by atoms with Crippen molar-refractivity contribution in [2.45, 2.75) is 76.5 Å². The number of carbonyl (C=O) groups excluding carboxylic acids is 4. The number of nitrogens with zero attached hydrogens (tertiary/aromatic N) is 1. The summed E-state index contributed by atoms with van der Waals surface area (Å²) in [6, 6.07) is 6.08. The summed E-state index contributed by atoms with van der Waals surface area (Å²) in [6.07, 6.45) is 2.22. The summed E-state index contributed by atoms with van der Waals surface area (Å²) in [4.78, 5) is 60.7. The second kappa shape index (κ2) is 19.0. The van der Waals surface area contributed by atoms with Gasteiger partial charge >= 0.3 is 6.16 Å². The van der Waals surface area contributed by atoms with Gasteiger partial charge in [-0.1, -0.05) is 46.2 Å². The van der Waals surface area contributed by atoms with E-state index in [0.717, 1.165) is 25.5 Å². The van der Waals surface area contributed by atoms with Gasteiger partial charge in [-0.25, -0.2) is 4.79 Å². The molecule has 0 saturated carbocycles. The Balaban J connectivity index is 2.33. The first-order chi connectivity index (χ1) is 18.9. The van der Waals surface area contributed by atoms with E-state index in [2.05, 4.69) is 20.7 Å². The van der Waals surface area contributed by atoms with Gasteiger partial charge in [0, 0.05) is 25.7 Å². The number of anilines is 1. The molecule has 2 atom stereocenters. The third-order valence-corrected chi connectivity index (χ3v) is 7.08. The molecule has 3 amide bonds. The summed E-state index contributed by atoms with van der Waals surface area (Å²) < 4.78 is 4.50. The molecule has 0 aliphatic rings. The lowest BCUT2D eigenvalue weighted by Gasteiger charge is -2.22. The average Bonchev–Trinajstić information content (AvgIpc) is 2.89. The molecule has 0 heterocycles. The molecular weight excluding hydrogens is 536 g/mol. The summed E-state index contributed by atoms with van der Waals surface area (Å²) in [5, 5.41) is 17.1. The van der Waals surface area contributed by atoms with Crippen LogP contribution in [-0.4, -0.2) is 83.4 Å². The van der Waals surface area contributed by atoms with Crippen LogP contribution in [0.1, 0.15) is 58.9 Å². The minimum Gasteiger partial charge on any atom is -0.450 e. The Kier molecular flexibility index (Phi) is 16.6. The van der Waals surface area contributed by atoms with Crippen LogP contribution in [0.25, 0.3) is 0 Å². The molecule has 2 unspecified atom stereocenters. The van der Waals surface area contributed by atoms with Gasteiger partial charge in [-0.05, 0) is 48.3 Å². The molecule has 1 aromatic carbocycles. The number of rotatable bonds is 19. The van der Waals surface area contributed by atoms with Crippen LogP contribution in [0, 0.1) is 5.92 Å². The summed E-state index contributed by atoms with van der Waals surface area (Å²) in [5.74, 6) is -0.667. The van der Waals surface area contributed by atoms with Gasteiger partial charge in [0.25, 0.3) is 0 Å². The van der Waals surface area contributed by atoms with E-state index in [1.165, 1.54) is 11.8 Å². The number of nitrogens with one attached hydrogen (secondary N) is 3. The van der Waals surface area contributed by atoms with Crippen LogP contribution in [0.4, 0.5) is 10.5 Å². The number of carbonyl (C=O) groups is 5. The maximum atomic E-state index is 12.7. The molecule has 0 aromatic heterocycles. The van der Waals surface area contributed by atoms with Crippen LogP contribution in [-0.2, 0) is 30.5 Å². The van der Waals surface area contributed by atoms with Crippen LogP contribution in [0.5, 0.6) is 0 Å².